The number of rotatable bonds is 2. The minimum atomic E-state index is 0.578. The maximum Gasteiger partial charge on any atom is 0.204 e. The molecule has 3 aromatic rings. The highest BCUT2D eigenvalue weighted by Crippen LogP contribution is 2.40. The lowest BCUT2D eigenvalue weighted by Crippen LogP contribution is -2.15. The van der Waals surface area contributed by atoms with Gasteiger partial charge >= 0.3 is 0 Å². The Bertz CT molecular complexity index is 964. The zero-order valence-electron chi connectivity index (χ0n) is 14.0. The lowest BCUT2D eigenvalue weighted by molar-refractivity contribution is 0.171. The first-order chi connectivity index (χ1) is 12.3. The molecule has 0 amide bonds. The van der Waals surface area contributed by atoms with Gasteiger partial charge in [0.1, 0.15) is 18.9 Å². The summed E-state index contributed by atoms with van der Waals surface area (Å²) in [6.07, 6.45) is 0. The average Bonchev–Trinajstić information content (AvgIpc) is 3.22. The number of benzene rings is 1. The molecule has 0 saturated carbocycles. The average molecular weight is 334 g/mol. The molecule has 0 unspecified atom stereocenters. The largest absolute Gasteiger partial charge is 0.486 e. The molecule has 0 saturated heterocycles. The van der Waals surface area contributed by atoms with Crippen LogP contribution in [-0.2, 0) is 6.54 Å². The summed E-state index contributed by atoms with van der Waals surface area (Å²) in [5.74, 6) is 2.47. The van der Waals surface area contributed by atoms with Crippen molar-refractivity contribution >= 4 is 5.95 Å². The summed E-state index contributed by atoms with van der Waals surface area (Å²) in [5.41, 5.74) is 4.88. The van der Waals surface area contributed by atoms with Crippen LogP contribution < -0.4 is 14.8 Å². The van der Waals surface area contributed by atoms with Crippen molar-refractivity contribution in [3.05, 3.63) is 42.1 Å². The molecule has 6 heteroatoms. The third-order valence-electron chi connectivity index (χ3n) is 4.53. The van der Waals surface area contributed by atoms with Crippen LogP contribution in [0.2, 0.25) is 0 Å². The van der Waals surface area contributed by atoms with Gasteiger partial charge in [0, 0.05) is 24.3 Å². The van der Waals surface area contributed by atoms with Gasteiger partial charge in [-0.3, -0.25) is 4.98 Å². The number of pyridine rings is 1. The van der Waals surface area contributed by atoms with Crippen molar-refractivity contribution in [3.63, 3.8) is 0 Å². The van der Waals surface area contributed by atoms with Gasteiger partial charge in [-0.25, -0.2) is 4.98 Å². The first-order valence-electron chi connectivity index (χ1n) is 8.48. The molecule has 1 N–H and O–H groups in total. The van der Waals surface area contributed by atoms with Gasteiger partial charge in [-0.15, -0.1) is 0 Å². The van der Waals surface area contributed by atoms with Crippen LogP contribution in [0.15, 0.2) is 36.4 Å². The van der Waals surface area contributed by atoms with Crippen LogP contribution in [-0.4, -0.2) is 34.3 Å². The molecule has 2 aliphatic rings. The Kier molecular flexibility index (Phi) is 3.16. The quantitative estimate of drug-likeness (QED) is 0.780. The molecule has 0 atom stereocenters. The number of hydrogen-bond donors (Lipinski definition) is 1. The van der Waals surface area contributed by atoms with Crippen LogP contribution in [0.1, 0.15) is 5.69 Å². The summed E-state index contributed by atoms with van der Waals surface area (Å²) < 4.78 is 13.6. The first-order valence-corrected chi connectivity index (χ1v) is 8.48. The Labute approximate surface area is 145 Å². The number of anilines is 1. The number of nitrogens with zero attached hydrogens (tertiary/aromatic N) is 3. The van der Waals surface area contributed by atoms with E-state index in [0.717, 1.165) is 58.9 Å². The maximum atomic E-state index is 5.76. The molecule has 2 aliphatic heterocycles. The van der Waals surface area contributed by atoms with Crippen molar-refractivity contribution in [2.24, 2.45) is 0 Å². The lowest BCUT2D eigenvalue weighted by atomic mass is 10.1. The molecule has 2 aromatic heterocycles. The standard InChI is InChI=1S/C19H18N4O2/c1-12-3-2-4-14(21-12)17-18(23-8-7-20-19(23)22-17)13-5-6-15-16(11-13)25-10-9-24-15/h2-6,11H,7-10H2,1H3,(H,20,22). The first kappa shape index (κ1) is 14.3. The highest BCUT2D eigenvalue weighted by Gasteiger charge is 2.25. The smallest absolute Gasteiger partial charge is 0.204 e. The number of nitrogens with one attached hydrogen (secondary N) is 1. The lowest BCUT2D eigenvalue weighted by Gasteiger charge is -2.19. The van der Waals surface area contributed by atoms with Gasteiger partial charge in [0.15, 0.2) is 11.5 Å². The summed E-state index contributed by atoms with van der Waals surface area (Å²) >= 11 is 0. The van der Waals surface area contributed by atoms with E-state index in [1.165, 1.54) is 0 Å². The number of aryl methyl sites for hydroxylation is 1. The van der Waals surface area contributed by atoms with Crippen molar-refractivity contribution in [2.75, 3.05) is 25.1 Å². The fourth-order valence-electron chi connectivity index (χ4n) is 3.42. The zero-order chi connectivity index (χ0) is 16.8. The minimum Gasteiger partial charge on any atom is -0.486 e. The van der Waals surface area contributed by atoms with Gasteiger partial charge in [0.25, 0.3) is 0 Å². The fraction of sp³-hybridized carbons (Fsp3) is 0.263. The predicted molar refractivity (Wildman–Crippen MR) is 95.1 cm³/mol. The third-order valence-corrected chi connectivity index (χ3v) is 4.53. The Morgan fingerprint density at radius 2 is 1.92 bits per heavy atom. The summed E-state index contributed by atoms with van der Waals surface area (Å²) in [7, 11) is 0. The van der Waals surface area contributed by atoms with E-state index in [9.17, 15) is 0 Å². The van der Waals surface area contributed by atoms with Crippen molar-refractivity contribution in [2.45, 2.75) is 13.5 Å². The van der Waals surface area contributed by atoms with E-state index in [2.05, 4.69) is 20.9 Å². The van der Waals surface area contributed by atoms with E-state index in [1.807, 2.05) is 37.3 Å². The van der Waals surface area contributed by atoms with E-state index in [-0.39, 0.29) is 0 Å². The second-order valence-electron chi connectivity index (χ2n) is 6.23. The van der Waals surface area contributed by atoms with Gasteiger partial charge in [-0.1, -0.05) is 6.07 Å². The predicted octanol–water partition coefficient (Wildman–Crippen LogP) is 3.12. The molecular formula is C19H18N4O2. The van der Waals surface area contributed by atoms with Crippen molar-refractivity contribution in [1.29, 1.82) is 0 Å². The molecule has 4 heterocycles. The molecule has 126 valence electrons. The topological polar surface area (TPSA) is 61.2 Å². The molecular weight excluding hydrogens is 316 g/mol. The van der Waals surface area contributed by atoms with Gasteiger partial charge in [0.2, 0.25) is 5.95 Å². The molecule has 0 radical (unpaired) electrons. The summed E-state index contributed by atoms with van der Waals surface area (Å²) in [4.78, 5) is 9.48. The van der Waals surface area contributed by atoms with Crippen molar-refractivity contribution in [3.8, 4) is 34.1 Å². The SMILES string of the molecule is Cc1cccc(-c2nc3n(c2-c2ccc4c(c2)OCCO4)CCN3)n1. The van der Waals surface area contributed by atoms with E-state index in [4.69, 9.17) is 14.5 Å². The molecule has 5 rings (SSSR count). The number of fused-ring (bicyclic) bond motifs is 2. The van der Waals surface area contributed by atoms with Gasteiger partial charge in [0.05, 0.1) is 11.4 Å². The number of aromatic nitrogens is 3. The molecule has 6 nitrogen and oxygen atoms in total. The fourth-order valence-corrected chi connectivity index (χ4v) is 3.42. The molecule has 1 aromatic carbocycles. The number of ether oxygens (including phenoxy) is 2. The number of hydrogen-bond acceptors (Lipinski definition) is 5. The zero-order valence-corrected chi connectivity index (χ0v) is 14.0. The summed E-state index contributed by atoms with van der Waals surface area (Å²) in [6.45, 7) is 4.94. The third kappa shape index (κ3) is 2.33. The molecule has 0 bridgehead atoms. The molecule has 0 aliphatic carbocycles. The van der Waals surface area contributed by atoms with Crippen molar-refractivity contribution in [1.82, 2.24) is 14.5 Å². The van der Waals surface area contributed by atoms with Gasteiger partial charge in [-0.05, 0) is 37.3 Å². The Morgan fingerprint density at radius 1 is 1.04 bits per heavy atom. The maximum absolute atomic E-state index is 5.76. The van der Waals surface area contributed by atoms with E-state index >= 15 is 0 Å². The van der Waals surface area contributed by atoms with Gasteiger partial charge in [-0.2, -0.15) is 0 Å². The molecule has 25 heavy (non-hydrogen) atoms. The Morgan fingerprint density at radius 3 is 2.80 bits per heavy atom. The van der Waals surface area contributed by atoms with Gasteiger partial charge < -0.3 is 19.4 Å². The molecule has 0 spiro atoms. The minimum absolute atomic E-state index is 0.578. The van der Waals surface area contributed by atoms with Crippen LogP contribution in [0.25, 0.3) is 22.6 Å². The second-order valence-corrected chi connectivity index (χ2v) is 6.23. The highest BCUT2D eigenvalue weighted by atomic mass is 16.6. The monoisotopic (exact) mass is 334 g/mol. The van der Waals surface area contributed by atoms with Crippen LogP contribution >= 0.6 is 0 Å². The summed E-state index contributed by atoms with van der Waals surface area (Å²) in [5, 5.41) is 3.35. The van der Waals surface area contributed by atoms with E-state index in [1.54, 1.807) is 0 Å². The number of imidazole rings is 1. The Balaban J connectivity index is 1.70. The van der Waals surface area contributed by atoms with Crippen LogP contribution in [0.4, 0.5) is 5.95 Å². The Hall–Kier alpha value is -3.02. The van der Waals surface area contributed by atoms with Crippen molar-refractivity contribution < 1.29 is 9.47 Å². The van der Waals surface area contributed by atoms with Crippen LogP contribution in [0.5, 0.6) is 11.5 Å². The normalized spacial score (nSPS) is 14.9. The van der Waals surface area contributed by atoms with Crippen LogP contribution in [0, 0.1) is 6.92 Å². The highest BCUT2D eigenvalue weighted by molar-refractivity contribution is 5.81. The second kappa shape index (κ2) is 5.51. The van der Waals surface area contributed by atoms with Crippen LogP contribution in [0.3, 0.4) is 0 Å². The molecule has 0 fully saturated rings. The van der Waals surface area contributed by atoms with E-state index in [0.29, 0.717) is 13.2 Å². The van der Waals surface area contributed by atoms with E-state index < -0.39 is 0 Å². The summed E-state index contributed by atoms with van der Waals surface area (Å²) in [6, 6.07) is 12.1.